The van der Waals surface area contributed by atoms with Crippen molar-refractivity contribution in [2.75, 3.05) is 4.90 Å². The Morgan fingerprint density at radius 1 is 1.00 bits per heavy atom. The molecular weight excluding hydrogens is 302 g/mol. The van der Waals surface area contributed by atoms with Crippen LogP contribution in [0.2, 0.25) is 0 Å². The van der Waals surface area contributed by atoms with Gasteiger partial charge in [-0.25, -0.2) is 4.90 Å². The average molecular weight is 323 g/mol. The van der Waals surface area contributed by atoms with Gasteiger partial charge < -0.3 is 5.11 Å². The number of benzene rings is 2. The van der Waals surface area contributed by atoms with E-state index in [2.05, 4.69) is 13.8 Å². The Labute approximate surface area is 141 Å². The molecule has 0 spiro atoms. The Hall–Kier alpha value is -2.46. The number of para-hydroxylation sites is 1. The molecule has 1 aliphatic heterocycles. The van der Waals surface area contributed by atoms with Crippen molar-refractivity contribution in [1.29, 1.82) is 0 Å². The fourth-order valence-electron chi connectivity index (χ4n) is 3.33. The first-order valence-corrected chi connectivity index (χ1v) is 8.24. The predicted octanol–water partition coefficient (Wildman–Crippen LogP) is 3.67. The summed E-state index contributed by atoms with van der Waals surface area (Å²) in [6.07, 6.45) is 0.732. The monoisotopic (exact) mass is 323 g/mol. The summed E-state index contributed by atoms with van der Waals surface area (Å²) in [5, 5.41) is 9.52. The minimum absolute atomic E-state index is 0.188. The lowest BCUT2D eigenvalue weighted by molar-refractivity contribution is 0.0924. The minimum Gasteiger partial charge on any atom is -0.392 e. The Morgan fingerprint density at radius 3 is 2.29 bits per heavy atom. The number of aryl methyl sites for hydroxylation is 1. The van der Waals surface area contributed by atoms with Crippen LogP contribution in [-0.4, -0.2) is 16.9 Å². The van der Waals surface area contributed by atoms with E-state index in [4.69, 9.17) is 0 Å². The van der Waals surface area contributed by atoms with Crippen molar-refractivity contribution in [3.8, 4) is 0 Å². The topological polar surface area (TPSA) is 57.6 Å². The van der Waals surface area contributed by atoms with Gasteiger partial charge in [-0.2, -0.15) is 0 Å². The molecule has 0 atom stereocenters. The van der Waals surface area contributed by atoms with Crippen LogP contribution in [0.4, 0.5) is 5.69 Å². The zero-order chi connectivity index (χ0) is 17.4. The summed E-state index contributed by atoms with van der Waals surface area (Å²) in [7, 11) is 0. The number of carbonyl (C=O) groups is 2. The summed E-state index contributed by atoms with van der Waals surface area (Å²) in [6, 6.07) is 10.9. The molecule has 0 radical (unpaired) electrons. The van der Waals surface area contributed by atoms with E-state index < -0.39 is 0 Å². The fourth-order valence-corrected chi connectivity index (χ4v) is 3.33. The Bertz CT molecular complexity index is 824. The molecule has 0 saturated carbocycles. The number of hydrogen-bond donors (Lipinski definition) is 1. The second kappa shape index (κ2) is 6.21. The zero-order valence-corrected chi connectivity index (χ0v) is 14.2. The lowest BCUT2D eigenvalue weighted by Crippen LogP contribution is -2.31. The van der Waals surface area contributed by atoms with Gasteiger partial charge in [-0.05, 0) is 35.1 Å². The summed E-state index contributed by atoms with van der Waals surface area (Å²) < 4.78 is 0. The molecule has 0 bridgehead atoms. The molecule has 4 heteroatoms. The molecule has 0 aliphatic carbocycles. The van der Waals surface area contributed by atoms with Crippen molar-refractivity contribution in [2.24, 2.45) is 0 Å². The molecule has 2 aromatic carbocycles. The summed E-state index contributed by atoms with van der Waals surface area (Å²) in [6.45, 7) is 5.86. The van der Waals surface area contributed by atoms with Gasteiger partial charge in [-0.1, -0.05) is 51.1 Å². The predicted molar refractivity (Wildman–Crippen MR) is 93.4 cm³/mol. The van der Waals surface area contributed by atoms with E-state index in [-0.39, 0.29) is 24.3 Å². The number of aliphatic hydroxyl groups excluding tert-OH is 1. The maximum absolute atomic E-state index is 13.0. The highest BCUT2D eigenvalue weighted by Crippen LogP contribution is 2.37. The average Bonchev–Trinajstić information content (AvgIpc) is 2.85. The molecular formula is C20H21NO3. The molecule has 2 amide bonds. The summed E-state index contributed by atoms with van der Waals surface area (Å²) >= 11 is 0. The molecule has 0 unspecified atom stereocenters. The Balaban J connectivity index is 2.23. The SMILES string of the molecule is CCc1cccc(C(C)C)c1N1C(=O)c2cccc(CO)c2C1=O. The number of aliphatic hydroxyl groups is 1. The van der Waals surface area contributed by atoms with Gasteiger partial charge in [-0.15, -0.1) is 0 Å². The van der Waals surface area contributed by atoms with E-state index in [1.807, 2.05) is 25.1 Å². The summed E-state index contributed by atoms with van der Waals surface area (Å²) in [5.41, 5.74) is 3.84. The quantitative estimate of drug-likeness (QED) is 0.874. The first-order valence-electron chi connectivity index (χ1n) is 8.24. The van der Waals surface area contributed by atoms with Crippen molar-refractivity contribution in [2.45, 2.75) is 39.7 Å². The van der Waals surface area contributed by atoms with Crippen LogP contribution < -0.4 is 4.90 Å². The smallest absolute Gasteiger partial charge is 0.266 e. The number of anilines is 1. The molecule has 0 fully saturated rings. The van der Waals surface area contributed by atoms with Gasteiger partial charge in [0.05, 0.1) is 23.4 Å². The Kier molecular flexibility index (Phi) is 4.24. The lowest BCUT2D eigenvalue weighted by atomic mass is 9.95. The molecule has 0 saturated heterocycles. The Morgan fingerprint density at radius 2 is 1.67 bits per heavy atom. The number of imide groups is 1. The van der Waals surface area contributed by atoms with Crippen LogP contribution in [0.15, 0.2) is 36.4 Å². The van der Waals surface area contributed by atoms with Gasteiger partial charge in [0.2, 0.25) is 0 Å². The first-order chi connectivity index (χ1) is 11.5. The molecule has 2 aromatic rings. The van der Waals surface area contributed by atoms with Gasteiger partial charge in [0.25, 0.3) is 11.8 Å². The summed E-state index contributed by atoms with van der Waals surface area (Å²) in [4.78, 5) is 27.3. The van der Waals surface area contributed by atoms with Crippen LogP contribution in [0.25, 0.3) is 0 Å². The minimum atomic E-state index is -0.345. The largest absolute Gasteiger partial charge is 0.392 e. The van der Waals surface area contributed by atoms with Crippen molar-refractivity contribution < 1.29 is 14.7 Å². The highest BCUT2D eigenvalue weighted by molar-refractivity contribution is 6.35. The third kappa shape index (κ3) is 2.34. The van der Waals surface area contributed by atoms with Crippen LogP contribution in [0.1, 0.15) is 64.1 Å². The van der Waals surface area contributed by atoms with Crippen molar-refractivity contribution in [3.05, 3.63) is 64.2 Å². The number of hydrogen-bond acceptors (Lipinski definition) is 3. The molecule has 0 aromatic heterocycles. The second-order valence-corrected chi connectivity index (χ2v) is 6.31. The molecule has 1 N–H and O–H groups in total. The third-order valence-corrected chi connectivity index (χ3v) is 4.55. The van der Waals surface area contributed by atoms with Gasteiger partial charge in [-0.3, -0.25) is 9.59 Å². The summed E-state index contributed by atoms with van der Waals surface area (Å²) in [5.74, 6) is -0.469. The van der Waals surface area contributed by atoms with Crippen LogP contribution in [0.3, 0.4) is 0 Å². The van der Waals surface area contributed by atoms with Gasteiger partial charge in [0.15, 0.2) is 0 Å². The number of fused-ring (bicyclic) bond motifs is 1. The van der Waals surface area contributed by atoms with E-state index in [9.17, 15) is 14.7 Å². The number of amides is 2. The van der Waals surface area contributed by atoms with Crippen LogP contribution in [-0.2, 0) is 13.0 Å². The lowest BCUT2D eigenvalue weighted by Gasteiger charge is -2.23. The van der Waals surface area contributed by atoms with Crippen molar-refractivity contribution in [3.63, 3.8) is 0 Å². The second-order valence-electron chi connectivity index (χ2n) is 6.31. The van der Waals surface area contributed by atoms with E-state index in [0.717, 1.165) is 17.5 Å². The maximum atomic E-state index is 13.0. The van der Waals surface area contributed by atoms with E-state index in [1.54, 1.807) is 18.2 Å². The maximum Gasteiger partial charge on any atom is 0.266 e. The van der Waals surface area contributed by atoms with Crippen molar-refractivity contribution in [1.82, 2.24) is 0 Å². The molecule has 124 valence electrons. The molecule has 24 heavy (non-hydrogen) atoms. The van der Waals surface area contributed by atoms with Crippen LogP contribution in [0, 0.1) is 0 Å². The third-order valence-electron chi connectivity index (χ3n) is 4.55. The zero-order valence-electron chi connectivity index (χ0n) is 14.2. The molecule has 3 rings (SSSR count). The highest BCUT2D eigenvalue weighted by atomic mass is 16.3. The van der Waals surface area contributed by atoms with Gasteiger partial charge in [0.1, 0.15) is 0 Å². The molecule has 1 aliphatic rings. The highest BCUT2D eigenvalue weighted by Gasteiger charge is 2.40. The number of rotatable bonds is 4. The first kappa shape index (κ1) is 16.4. The number of carbonyl (C=O) groups excluding carboxylic acids is 2. The standard InChI is InChI=1S/C20H21NO3/c1-4-13-7-5-9-15(12(2)3)18(13)21-19(23)16-10-6-8-14(11-22)17(16)20(21)24/h5-10,12,22H,4,11H2,1-3H3. The van der Waals surface area contributed by atoms with E-state index in [1.165, 1.54) is 4.90 Å². The molecule has 4 nitrogen and oxygen atoms in total. The van der Waals surface area contributed by atoms with E-state index in [0.29, 0.717) is 22.4 Å². The fraction of sp³-hybridized carbons (Fsp3) is 0.300. The van der Waals surface area contributed by atoms with Gasteiger partial charge >= 0.3 is 0 Å². The normalized spacial score (nSPS) is 13.8. The number of nitrogens with zero attached hydrogens (tertiary/aromatic N) is 1. The van der Waals surface area contributed by atoms with Crippen molar-refractivity contribution >= 4 is 17.5 Å². The molecule has 1 heterocycles. The van der Waals surface area contributed by atoms with E-state index >= 15 is 0 Å². The van der Waals surface area contributed by atoms with Crippen LogP contribution >= 0.6 is 0 Å². The van der Waals surface area contributed by atoms with Crippen LogP contribution in [0.5, 0.6) is 0 Å². The van der Waals surface area contributed by atoms with Gasteiger partial charge in [0, 0.05) is 0 Å².